The highest BCUT2D eigenvalue weighted by atomic mass is 16.3. The number of nitrogens with one attached hydrogen (secondary N) is 1. The fourth-order valence-corrected chi connectivity index (χ4v) is 3.66. The first-order chi connectivity index (χ1) is 14.2. The monoisotopic (exact) mass is 386 g/mol. The number of nitrogens with zero attached hydrogens (tertiary/aromatic N) is 3. The topological polar surface area (TPSA) is 82.2 Å². The number of furan rings is 1. The number of carbonyl (C=O) groups is 1. The number of pyridine rings is 1. The van der Waals surface area contributed by atoms with Crippen LogP contribution in [0.4, 0.5) is 0 Å². The number of piperidine rings is 1. The molecule has 1 aliphatic heterocycles. The summed E-state index contributed by atoms with van der Waals surface area (Å²) >= 11 is 0. The van der Waals surface area contributed by atoms with Crippen LogP contribution < -0.4 is 5.32 Å². The summed E-state index contributed by atoms with van der Waals surface area (Å²) < 4.78 is 5.41. The van der Waals surface area contributed by atoms with E-state index < -0.39 is 0 Å². The zero-order chi connectivity index (χ0) is 20.1. The smallest absolute Gasteiger partial charge is 0.251 e. The van der Waals surface area contributed by atoms with Gasteiger partial charge in [-0.3, -0.25) is 14.7 Å². The number of rotatable bonds is 5. The van der Waals surface area contributed by atoms with Crippen molar-refractivity contribution in [3.8, 4) is 17.3 Å². The standard InChI is InChI=1S/C23H22N4O2/c24-15-19-6-2-10-25-22(19)17-4-1-5-18(14-17)23(28)26-20-8-11-27(12-9-20)16-21-7-3-13-29-21/h1-7,10,13-14,20H,8-9,11-12,16H2,(H,26,28). The van der Waals surface area contributed by atoms with Gasteiger partial charge in [-0.05, 0) is 49.2 Å². The predicted molar refractivity (Wildman–Crippen MR) is 109 cm³/mol. The normalized spacial score (nSPS) is 15.0. The first-order valence-electron chi connectivity index (χ1n) is 9.74. The highest BCUT2D eigenvalue weighted by Gasteiger charge is 2.22. The predicted octanol–water partition coefficient (Wildman–Crippen LogP) is 3.61. The number of nitriles is 1. The Morgan fingerprint density at radius 3 is 2.83 bits per heavy atom. The summed E-state index contributed by atoms with van der Waals surface area (Å²) in [5, 5.41) is 12.4. The van der Waals surface area contributed by atoms with Crippen LogP contribution in [0.1, 0.15) is 34.5 Å². The third kappa shape index (κ3) is 4.53. The molecule has 0 unspecified atom stereocenters. The van der Waals surface area contributed by atoms with Gasteiger partial charge in [0.1, 0.15) is 11.8 Å². The SMILES string of the molecule is N#Cc1cccnc1-c1cccc(C(=O)NC2CCN(Cc3ccco3)CC2)c1. The van der Waals surface area contributed by atoms with Crippen LogP contribution in [0.2, 0.25) is 0 Å². The fourth-order valence-electron chi connectivity index (χ4n) is 3.66. The second-order valence-corrected chi connectivity index (χ2v) is 7.20. The molecule has 0 atom stereocenters. The van der Waals surface area contributed by atoms with Crippen LogP contribution in [-0.2, 0) is 6.54 Å². The molecule has 1 aromatic carbocycles. The molecular formula is C23H22N4O2. The van der Waals surface area contributed by atoms with Gasteiger partial charge in [-0.2, -0.15) is 5.26 Å². The van der Waals surface area contributed by atoms with Crippen molar-refractivity contribution in [1.82, 2.24) is 15.2 Å². The Kier molecular flexibility index (Phi) is 5.68. The van der Waals surface area contributed by atoms with Crippen molar-refractivity contribution in [3.63, 3.8) is 0 Å². The number of hydrogen-bond acceptors (Lipinski definition) is 5. The van der Waals surface area contributed by atoms with Gasteiger partial charge >= 0.3 is 0 Å². The van der Waals surface area contributed by atoms with Crippen molar-refractivity contribution in [2.75, 3.05) is 13.1 Å². The zero-order valence-corrected chi connectivity index (χ0v) is 16.0. The minimum absolute atomic E-state index is 0.0919. The Bertz CT molecular complexity index is 1020. The Hall–Kier alpha value is -3.43. The van der Waals surface area contributed by atoms with Crippen molar-refractivity contribution in [3.05, 3.63) is 77.9 Å². The van der Waals surface area contributed by atoms with Crippen molar-refractivity contribution in [1.29, 1.82) is 5.26 Å². The van der Waals surface area contributed by atoms with Gasteiger partial charge in [0, 0.05) is 36.5 Å². The van der Waals surface area contributed by atoms with Crippen molar-refractivity contribution < 1.29 is 9.21 Å². The molecule has 1 amide bonds. The van der Waals surface area contributed by atoms with Gasteiger partial charge in [-0.1, -0.05) is 12.1 Å². The average molecular weight is 386 g/mol. The number of aromatic nitrogens is 1. The second-order valence-electron chi connectivity index (χ2n) is 7.20. The summed E-state index contributed by atoms with van der Waals surface area (Å²) in [5.74, 6) is 0.876. The average Bonchev–Trinajstić information content (AvgIpc) is 3.28. The minimum atomic E-state index is -0.0919. The maximum Gasteiger partial charge on any atom is 0.251 e. The van der Waals surface area contributed by atoms with Gasteiger partial charge in [-0.15, -0.1) is 0 Å². The highest BCUT2D eigenvalue weighted by molar-refractivity contribution is 5.95. The summed E-state index contributed by atoms with van der Waals surface area (Å²) in [4.78, 5) is 19.4. The number of carbonyl (C=O) groups excluding carboxylic acids is 1. The largest absolute Gasteiger partial charge is 0.468 e. The summed E-state index contributed by atoms with van der Waals surface area (Å²) in [6, 6.07) is 16.9. The van der Waals surface area contributed by atoms with Crippen LogP contribution in [0.3, 0.4) is 0 Å². The van der Waals surface area contributed by atoms with Crippen LogP contribution in [0.5, 0.6) is 0 Å². The Labute approximate surface area is 169 Å². The molecule has 6 heteroatoms. The van der Waals surface area contributed by atoms with Gasteiger partial charge in [0.15, 0.2) is 0 Å². The van der Waals surface area contributed by atoms with Crippen LogP contribution in [0.25, 0.3) is 11.3 Å². The Balaban J connectivity index is 1.38. The molecule has 3 aromatic rings. The lowest BCUT2D eigenvalue weighted by molar-refractivity contribution is 0.0906. The second kappa shape index (κ2) is 8.72. The van der Waals surface area contributed by atoms with Crippen molar-refractivity contribution >= 4 is 5.91 Å². The zero-order valence-electron chi connectivity index (χ0n) is 16.0. The molecule has 2 aromatic heterocycles. The van der Waals surface area contributed by atoms with E-state index in [2.05, 4.69) is 21.3 Å². The van der Waals surface area contributed by atoms with Crippen LogP contribution in [0, 0.1) is 11.3 Å². The molecule has 146 valence electrons. The number of likely N-dealkylation sites (tertiary alicyclic amines) is 1. The van der Waals surface area contributed by atoms with Gasteiger partial charge < -0.3 is 9.73 Å². The molecule has 0 spiro atoms. The maximum absolute atomic E-state index is 12.8. The van der Waals surface area contributed by atoms with Crippen LogP contribution >= 0.6 is 0 Å². The van der Waals surface area contributed by atoms with E-state index in [1.54, 1.807) is 36.7 Å². The third-order valence-corrected chi connectivity index (χ3v) is 5.21. The lowest BCUT2D eigenvalue weighted by Crippen LogP contribution is -2.44. The summed E-state index contributed by atoms with van der Waals surface area (Å²) in [7, 11) is 0. The van der Waals surface area contributed by atoms with Crippen LogP contribution in [-0.4, -0.2) is 34.9 Å². The summed E-state index contributed by atoms with van der Waals surface area (Å²) in [6.07, 6.45) is 5.16. The molecule has 1 N–H and O–H groups in total. The van der Waals surface area contributed by atoms with Gasteiger partial charge in [0.25, 0.3) is 5.91 Å². The van der Waals surface area contributed by atoms with E-state index in [1.807, 2.05) is 24.3 Å². The first kappa shape index (κ1) is 18.9. The molecular weight excluding hydrogens is 364 g/mol. The maximum atomic E-state index is 12.8. The van der Waals surface area contributed by atoms with E-state index in [9.17, 15) is 10.1 Å². The van der Waals surface area contributed by atoms with Gasteiger partial charge in [0.05, 0.1) is 24.1 Å². The Morgan fingerprint density at radius 1 is 1.21 bits per heavy atom. The van der Waals surface area contributed by atoms with Crippen molar-refractivity contribution in [2.24, 2.45) is 0 Å². The molecule has 29 heavy (non-hydrogen) atoms. The molecule has 0 saturated carbocycles. The summed E-state index contributed by atoms with van der Waals surface area (Å²) in [5.41, 5.74) is 2.43. The molecule has 0 radical (unpaired) electrons. The molecule has 0 aliphatic carbocycles. The van der Waals surface area contributed by atoms with E-state index in [0.29, 0.717) is 16.8 Å². The van der Waals surface area contributed by atoms with Crippen LogP contribution in [0.15, 0.2) is 65.4 Å². The van der Waals surface area contributed by atoms with Gasteiger partial charge in [-0.25, -0.2) is 0 Å². The fraction of sp³-hybridized carbons (Fsp3) is 0.261. The van der Waals surface area contributed by atoms with Crippen molar-refractivity contribution in [2.45, 2.75) is 25.4 Å². The number of amides is 1. The van der Waals surface area contributed by atoms with E-state index in [1.165, 1.54) is 0 Å². The minimum Gasteiger partial charge on any atom is -0.468 e. The number of benzene rings is 1. The molecule has 3 heterocycles. The summed E-state index contributed by atoms with van der Waals surface area (Å²) in [6.45, 7) is 2.65. The van der Waals surface area contributed by atoms with E-state index in [-0.39, 0.29) is 11.9 Å². The lowest BCUT2D eigenvalue weighted by atomic mass is 10.0. The third-order valence-electron chi connectivity index (χ3n) is 5.21. The molecule has 1 aliphatic rings. The highest BCUT2D eigenvalue weighted by Crippen LogP contribution is 2.22. The van der Waals surface area contributed by atoms with E-state index in [4.69, 9.17) is 4.42 Å². The lowest BCUT2D eigenvalue weighted by Gasteiger charge is -2.31. The first-order valence-corrected chi connectivity index (χ1v) is 9.74. The molecule has 1 fully saturated rings. The quantitative estimate of drug-likeness (QED) is 0.724. The van der Waals surface area contributed by atoms with Gasteiger partial charge in [0.2, 0.25) is 0 Å². The van der Waals surface area contributed by atoms with E-state index in [0.717, 1.165) is 43.8 Å². The molecule has 0 bridgehead atoms. The van der Waals surface area contributed by atoms with E-state index >= 15 is 0 Å². The molecule has 6 nitrogen and oxygen atoms in total. The number of hydrogen-bond donors (Lipinski definition) is 1. The molecule has 4 rings (SSSR count). The molecule has 1 saturated heterocycles. The Morgan fingerprint density at radius 2 is 2.07 bits per heavy atom.